The molecule has 5 heterocycles. The fourth-order valence-corrected chi connectivity index (χ4v) is 4.43. The number of hydrogen-bond acceptors (Lipinski definition) is 9. The van der Waals surface area contributed by atoms with Crippen molar-refractivity contribution in [1.29, 1.82) is 0 Å². The summed E-state index contributed by atoms with van der Waals surface area (Å²) >= 11 is 1.53. The first-order valence-corrected chi connectivity index (χ1v) is 11.2. The maximum atomic E-state index is 12.8. The van der Waals surface area contributed by atoms with Gasteiger partial charge >= 0.3 is 6.09 Å². The average Bonchev–Trinajstić information content (AvgIpc) is 3.28. The van der Waals surface area contributed by atoms with E-state index in [1.54, 1.807) is 30.5 Å². The molecule has 0 atom stereocenters. The lowest BCUT2D eigenvalue weighted by molar-refractivity contribution is 0.102. The molecule has 4 aromatic rings. The molecule has 0 aromatic carbocycles. The summed E-state index contributed by atoms with van der Waals surface area (Å²) in [6.07, 6.45) is 1.87. The number of ether oxygens (including phenoxy) is 1. The van der Waals surface area contributed by atoms with Gasteiger partial charge in [-0.25, -0.2) is 19.7 Å². The van der Waals surface area contributed by atoms with Crippen molar-refractivity contribution >= 4 is 50.3 Å². The lowest BCUT2D eigenvalue weighted by atomic mass is 10.1. The number of rotatable bonds is 5. The molecule has 1 aliphatic rings. The van der Waals surface area contributed by atoms with Gasteiger partial charge in [0.2, 0.25) is 0 Å². The number of nitrogens with zero attached hydrogens (tertiary/aromatic N) is 5. The van der Waals surface area contributed by atoms with E-state index in [1.165, 1.54) is 23.6 Å². The van der Waals surface area contributed by atoms with Crippen LogP contribution in [0.2, 0.25) is 0 Å². The van der Waals surface area contributed by atoms with Gasteiger partial charge in [0.15, 0.2) is 10.8 Å². The molecule has 1 aliphatic heterocycles. The Kier molecular flexibility index (Phi) is 5.97. The predicted octanol–water partition coefficient (Wildman–Crippen LogP) is 3.33. The van der Waals surface area contributed by atoms with Gasteiger partial charge in [-0.1, -0.05) is 17.4 Å². The molecule has 12 heteroatoms. The first kappa shape index (κ1) is 21.7. The van der Waals surface area contributed by atoms with Gasteiger partial charge in [-0.05, 0) is 30.3 Å². The van der Waals surface area contributed by atoms with Crippen molar-refractivity contribution in [3.63, 3.8) is 0 Å². The van der Waals surface area contributed by atoms with Crippen LogP contribution in [0.1, 0.15) is 10.5 Å². The number of nitrogens with one attached hydrogen (secondary N) is 2. The molecule has 0 saturated carbocycles. The maximum Gasteiger partial charge on any atom is 0.410 e. The molecule has 4 aromatic heterocycles. The van der Waals surface area contributed by atoms with E-state index in [9.17, 15) is 9.59 Å². The quantitative estimate of drug-likeness (QED) is 0.394. The summed E-state index contributed by atoms with van der Waals surface area (Å²) in [5.74, 6) is -0.175. The van der Waals surface area contributed by atoms with E-state index in [4.69, 9.17) is 9.84 Å². The first-order valence-electron chi connectivity index (χ1n) is 10.4. The smallest absolute Gasteiger partial charge is 0.410 e. The molecule has 0 bridgehead atoms. The molecule has 34 heavy (non-hydrogen) atoms. The Hall–Kier alpha value is -4.16. The molecule has 1 fully saturated rings. The SMILES string of the molecule is O=C(O)Nc1ccc(-c2cccc(C(=O)Nc3cnc4nc(N5CCOCC5)sc4c3)n2)cn1. The van der Waals surface area contributed by atoms with Crippen LogP contribution in [-0.2, 0) is 4.74 Å². The molecule has 1 saturated heterocycles. The van der Waals surface area contributed by atoms with E-state index in [-0.39, 0.29) is 17.4 Å². The van der Waals surface area contributed by atoms with Crippen LogP contribution in [0.15, 0.2) is 48.8 Å². The normalized spacial score (nSPS) is 13.6. The van der Waals surface area contributed by atoms with E-state index in [1.807, 2.05) is 6.07 Å². The fraction of sp³-hybridized carbons (Fsp3) is 0.182. The molecule has 0 unspecified atom stereocenters. The van der Waals surface area contributed by atoms with Gasteiger partial charge in [0.1, 0.15) is 11.5 Å². The minimum Gasteiger partial charge on any atom is -0.465 e. The summed E-state index contributed by atoms with van der Waals surface area (Å²) in [6.45, 7) is 2.94. The number of carbonyl (C=O) groups is 2. The number of pyridine rings is 3. The van der Waals surface area contributed by atoms with Gasteiger partial charge in [-0.2, -0.15) is 4.98 Å². The number of amides is 2. The molecule has 0 radical (unpaired) electrons. The van der Waals surface area contributed by atoms with Gasteiger partial charge in [0.05, 0.1) is 35.5 Å². The monoisotopic (exact) mass is 477 g/mol. The molecule has 3 N–H and O–H groups in total. The van der Waals surface area contributed by atoms with E-state index in [2.05, 4.69) is 35.5 Å². The Labute approximate surface area is 197 Å². The second-order valence-corrected chi connectivity index (χ2v) is 8.38. The molecule has 0 spiro atoms. The third-order valence-corrected chi connectivity index (χ3v) is 6.10. The van der Waals surface area contributed by atoms with Crippen LogP contribution in [0.25, 0.3) is 21.6 Å². The Morgan fingerprint density at radius 2 is 1.88 bits per heavy atom. The van der Waals surface area contributed by atoms with Crippen LogP contribution in [-0.4, -0.2) is 63.3 Å². The third-order valence-electron chi connectivity index (χ3n) is 5.05. The number of hydrogen-bond donors (Lipinski definition) is 3. The summed E-state index contributed by atoms with van der Waals surface area (Å²) in [4.78, 5) is 43.2. The summed E-state index contributed by atoms with van der Waals surface area (Å²) in [7, 11) is 0. The molecule has 172 valence electrons. The number of fused-ring (bicyclic) bond motifs is 1. The Balaban J connectivity index is 1.31. The van der Waals surface area contributed by atoms with Crippen LogP contribution >= 0.6 is 11.3 Å². The predicted molar refractivity (Wildman–Crippen MR) is 128 cm³/mol. The first-order chi connectivity index (χ1) is 16.5. The lowest BCUT2D eigenvalue weighted by Crippen LogP contribution is -2.36. The molecule has 0 aliphatic carbocycles. The maximum absolute atomic E-state index is 12.8. The highest BCUT2D eigenvalue weighted by molar-refractivity contribution is 7.22. The summed E-state index contributed by atoms with van der Waals surface area (Å²) in [6, 6.07) is 10.1. The van der Waals surface area contributed by atoms with E-state index < -0.39 is 6.09 Å². The van der Waals surface area contributed by atoms with Crippen molar-refractivity contribution in [2.45, 2.75) is 0 Å². The molecule has 11 nitrogen and oxygen atoms in total. The van der Waals surface area contributed by atoms with Crippen LogP contribution in [0.4, 0.5) is 21.4 Å². The van der Waals surface area contributed by atoms with Gasteiger partial charge in [0, 0.05) is 24.8 Å². The van der Waals surface area contributed by atoms with E-state index in [0.717, 1.165) is 22.9 Å². The van der Waals surface area contributed by atoms with Crippen LogP contribution in [0.3, 0.4) is 0 Å². The lowest BCUT2D eigenvalue weighted by Gasteiger charge is -2.25. The zero-order valence-electron chi connectivity index (χ0n) is 17.8. The van der Waals surface area contributed by atoms with Gasteiger partial charge in [-0.3, -0.25) is 10.1 Å². The van der Waals surface area contributed by atoms with Crippen molar-refractivity contribution in [3.05, 3.63) is 54.5 Å². The van der Waals surface area contributed by atoms with Crippen molar-refractivity contribution < 1.29 is 19.4 Å². The third kappa shape index (κ3) is 4.77. The molecular formula is C22H19N7O4S. The average molecular weight is 478 g/mol. The highest BCUT2D eigenvalue weighted by Gasteiger charge is 2.17. The van der Waals surface area contributed by atoms with Crippen molar-refractivity contribution in [2.24, 2.45) is 0 Å². The Bertz CT molecular complexity index is 1350. The van der Waals surface area contributed by atoms with Crippen LogP contribution in [0, 0.1) is 0 Å². The number of carbonyl (C=O) groups excluding carboxylic acids is 1. The highest BCUT2D eigenvalue weighted by Crippen LogP contribution is 2.30. The van der Waals surface area contributed by atoms with Crippen LogP contribution in [0.5, 0.6) is 0 Å². The van der Waals surface area contributed by atoms with Crippen LogP contribution < -0.4 is 15.5 Å². The minimum absolute atomic E-state index is 0.202. The summed E-state index contributed by atoms with van der Waals surface area (Å²) in [5.41, 5.74) is 2.59. The zero-order chi connectivity index (χ0) is 23.5. The van der Waals surface area contributed by atoms with Gasteiger partial charge < -0.3 is 20.1 Å². The van der Waals surface area contributed by atoms with Crippen molar-refractivity contribution in [3.8, 4) is 11.3 Å². The largest absolute Gasteiger partial charge is 0.465 e. The molecular weight excluding hydrogens is 458 g/mol. The van der Waals surface area contributed by atoms with Gasteiger partial charge in [0.25, 0.3) is 5.91 Å². The number of morpholine rings is 1. The second kappa shape index (κ2) is 9.37. The zero-order valence-corrected chi connectivity index (χ0v) is 18.6. The summed E-state index contributed by atoms with van der Waals surface area (Å²) < 4.78 is 6.27. The van der Waals surface area contributed by atoms with Gasteiger partial charge in [-0.15, -0.1) is 0 Å². The highest BCUT2D eigenvalue weighted by atomic mass is 32.1. The Morgan fingerprint density at radius 3 is 2.65 bits per heavy atom. The number of thiazole rings is 1. The van der Waals surface area contributed by atoms with E-state index >= 15 is 0 Å². The van der Waals surface area contributed by atoms with Crippen molar-refractivity contribution in [1.82, 2.24) is 19.9 Å². The Morgan fingerprint density at radius 1 is 1.03 bits per heavy atom. The van der Waals surface area contributed by atoms with Crippen molar-refractivity contribution in [2.75, 3.05) is 41.8 Å². The summed E-state index contributed by atoms with van der Waals surface area (Å²) in [5, 5.41) is 14.7. The molecule has 5 rings (SSSR count). The number of carboxylic acid groups (broad SMARTS) is 1. The standard InChI is InChI=1S/C22H19N7O4S/c30-20(16-3-1-2-15(26-16)13-4-5-18(23-11-13)27-22(31)32)25-14-10-17-19(24-12-14)28-21(34-17)29-6-8-33-9-7-29/h1-5,10-12H,6-9H2,(H,23,27)(H,25,30)(H,31,32). The minimum atomic E-state index is -1.19. The van der Waals surface area contributed by atoms with E-state index in [0.29, 0.717) is 35.8 Å². The number of aromatic nitrogens is 4. The number of anilines is 3. The fourth-order valence-electron chi connectivity index (χ4n) is 3.41. The second-order valence-electron chi connectivity index (χ2n) is 7.37. The topological polar surface area (TPSA) is 142 Å². The molecule has 2 amide bonds.